The molecule has 10 heavy (non-hydrogen) atoms. The molecule has 0 unspecified atom stereocenters. The molecule has 0 atom stereocenters. The van der Waals surface area contributed by atoms with Crippen LogP contribution in [0.25, 0.3) is 10.8 Å². The zero-order valence-corrected chi connectivity index (χ0v) is 8.00. The molecule has 2 rings (SSSR count). The van der Waals surface area contributed by atoms with Crippen molar-refractivity contribution in [2.45, 2.75) is 0 Å². The standard InChI is InChI=1S/C9H7.Zr/c1-2-5-9-7-3-6-8(9)4-1;/h1-7H;/q-1;+4. The van der Waals surface area contributed by atoms with Gasteiger partial charge >= 0.3 is 26.2 Å². The van der Waals surface area contributed by atoms with Gasteiger partial charge in [-0.25, -0.2) is 0 Å². The van der Waals surface area contributed by atoms with Gasteiger partial charge in [-0.15, -0.1) is 29.7 Å². The van der Waals surface area contributed by atoms with Gasteiger partial charge in [-0.1, -0.05) is 6.07 Å². The molecule has 0 aromatic heterocycles. The molecule has 0 aliphatic rings. The third-order valence-corrected chi connectivity index (χ3v) is 1.55. The Morgan fingerprint density at radius 3 is 2.60 bits per heavy atom. The maximum absolute atomic E-state index is 2.12. The molecule has 0 aliphatic carbocycles. The van der Waals surface area contributed by atoms with Gasteiger partial charge in [0, 0.05) is 0 Å². The Hall–Kier alpha value is -0.287. The average Bonchev–Trinajstić information content (AvgIpc) is 2.33. The summed E-state index contributed by atoms with van der Waals surface area (Å²) in [6, 6.07) is 14.7. The first-order valence-electron chi connectivity index (χ1n) is 3.07. The van der Waals surface area contributed by atoms with Crippen LogP contribution in [-0.4, -0.2) is 0 Å². The number of benzene rings is 1. The van der Waals surface area contributed by atoms with Crippen LogP contribution in [0.3, 0.4) is 0 Å². The van der Waals surface area contributed by atoms with Crippen LogP contribution in [0.4, 0.5) is 0 Å². The molecular formula is C9H7Zr+3. The van der Waals surface area contributed by atoms with Crippen LogP contribution in [0.5, 0.6) is 0 Å². The van der Waals surface area contributed by atoms with Crippen molar-refractivity contribution in [1.82, 2.24) is 0 Å². The predicted molar refractivity (Wildman–Crippen MR) is 39.5 cm³/mol. The summed E-state index contributed by atoms with van der Waals surface area (Å²) >= 11 is 0. The van der Waals surface area contributed by atoms with E-state index in [0.717, 1.165) is 0 Å². The average molecular weight is 206 g/mol. The maximum Gasteiger partial charge on any atom is 4.00 e. The number of fused-ring (bicyclic) bond motifs is 1. The monoisotopic (exact) mass is 205 g/mol. The molecule has 44 valence electrons. The fraction of sp³-hybridized carbons (Fsp3) is 0. The summed E-state index contributed by atoms with van der Waals surface area (Å²) in [7, 11) is 0. The smallest absolute Gasteiger partial charge is 0.168 e. The summed E-state index contributed by atoms with van der Waals surface area (Å²) in [4.78, 5) is 0. The van der Waals surface area contributed by atoms with Gasteiger partial charge in [-0.3, -0.25) is 0 Å². The Balaban J connectivity index is 0.000000500. The van der Waals surface area contributed by atoms with Crippen LogP contribution in [-0.2, 0) is 26.2 Å². The van der Waals surface area contributed by atoms with Crippen LogP contribution in [0.1, 0.15) is 0 Å². The molecule has 0 spiro atoms. The third kappa shape index (κ3) is 1.24. The molecule has 0 amide bonds. The number of hydrogen-bond acceptors (Lipinski definition) is 0. The van der Waals surface area contributed by atoms with Gasteiger partial charge in [0.15, 0.2) is 0 Å². The molecule has 0 radical (unpaired) electrons. The molecular weight excluding hydrogens is 199 g/mol. The van der Waals surface area contributed by atoms with Crippen LogP contribution in [0.15, 0.2) is 42.5 Å². The summed E-state index contributed by atoms with van der Waals surface area (Å²) < 4.78 is 0. The molecule has 0 heterocycles. The first kappa shape index (κ1) is 7.82. The van der Waals surface area contributed by atoms with E-state index in [0.29, 0.717) is 0 Å². The van der Waals surface area contributed by atoms with Gasteiger partial charge in [0.2, 0.25) is 0 Å². The van der Waals surface area contributed by atoms with Gasteiger partial charge in [0.1, 0.15) is 0 Å². The quantitative estimate of drug-likeness (QED) is 0.581. The summed E-state index contributed by atoms with van der Waals surface area (Å²) in [6.45, 7) is 0. The van der Waals surface area contributed by atoms with E-state index in [1.54, 1.807) is 0 Å². The Morgan fingerprint density at radius 2 is 1.80 bits per heavy atom. The minimum Gasteiger partial charge on any atom is -0.168 e. The molecule has 2 aromatic carbocycles. The van der Waals surface area contributed by atoms with E-state index >= 15 is 0 Å². The Labute approximate surface area is 79.4 Å². The zero-order valence-electron chi connectivity index (χ0n) is 5.54. The number of rotatable bonds is 0. The van der Waals surface area contributed by atoms with Crippen molar-refractivity contribution >= 4 is 10.8 Å². The summed E-state index contributed by atoms with van der Waals surface area (Å²) in [5.74, 6) is 0. The van der Waals surface area contributed by atoms with Gasteiger partial charge in [0.25, 0.3) is 0 Å². The second-order valence-corrected chi connectivity index (χ2v) is 2.15. The normalized spacial score (nSPS) is 9.20. The largest absolute Gasteiger partial charge is 4.00 e. The molecule has 0 N–H and O–H groups in total. The van der Waals surface area contributed by atoms with Gasteiger partial charge in [-0.05, 0) is 0 Å². The molecule has 0 fully saturated rings. The van der Waals surface area contributed by atoms with Gasteiger partial charge in [0.05, 0.1) is 0 Å². The van der Waals surface area contributed by atoms with Crippen LogP contribution >= 0.6 is 0 Å². The second kappa shape index (κ2) is 3.21. The summed E-state index contributed by atoms with van der Waals surface area (Å²) in [5.41, 5.74) is 0. The van der Waals surface area contributed by atoms with E-state index in [-0.39, 0.29) is 26.2 Å². The van der Waals surface area contributed by atoms with Crippen molar-refractivity contribution in [1.29, 1.82) is 0 Å². The molecule has 0 nitrogen and oxygen atoms in total. The van der Waals surface area contributed by atoms with Crippen molar-refractivity contribution in [3.63, 3.8) is 0 Å². The molecule has 1 heteroatoms. The van der Waals surface area contributed by atoms with E-state index in [1.807, 2.05) is 0 Å². The maximum atomic E-state index is 2.12. The van der Waals surface area contributed by atoms with Crippen molar-refractivity contribution < 1.29 is 26.2 Å². The Kier molecular flexibility index (Phi) is 2.51. The summed E-state index contributed by atoms with van der Waals surface area (Å²) in [6.07, 6.45) is 0. The van der Waals surface area contributed by atoms with E-state index in [2.05, 4.69) is 42.5 Å². The van der Waals surface area contributed by atoms with Crippen LogP contribution < -0.4 is 0 Å². The van der Waals surface area contributed by atoms with E-state index in [1.165, 1.54) is 10.8 Å². The third-order valence-electron chi connectivity index (χ3n) is 1.55. The van der Waals surface area contributed by atoms with Crippen LogP contribution in [0.2, 0.25) is 0 Å². The fourth-order valence-electron chi connectivity index (χ4n) is 1.07. The SMILES string of the molecule is [Zr+4].c1ccc2[cH-]ccc2c1. The van der Waals surface area contributed by atoms with Crippen molar-refractivity contribution in [3.05, 3.63) is 42.5 Å². The van der Waals surface area contributed by atoms with Crippen molar-refractivity contribution in [3.8, 4) is 0 Å². The van der Waals surface area contributed by atoms with Crippen molar-refractivity contribution in [2.75, 3.05) is 0 Å². The van der Waals surface area contributed by atoms with E-state index < -0.39 is 0 Å². The molecule has 0 saturated carbocycles. The molecule has 0 saturated heterocycles. The summed E-state index contributed by atoms with van der Waals surface area (Å²) in [5, 5.41) is 2.66. The molecule has 2 aromatic rings. The minimum atomic E-state index is 0. The van der Waals surface area contributed by atoms with Crippen molar-refractivity contribution in [2.24, 2.45) is 0 Å². The second-order valence-electron chi connectivity index (χ2n) is 2.15. The zero-order chi connectivity index (χ0) is 6.10. The molecule has 0 aliphatic heterocycles. The van der Waals surface area contributed by atoms with Crippen LogP contribution in [0, 0.1) is 0 Å². The first-order chi connectivity index (χ1) is 4.47. The minimum absolute atomic E-state index is 0. The Bertz CT molecular complexity index is 279. The number of hydrogen-bond donors (Lipinski definition) is 0. The Morgan fingerprint density at radius 1 is 1.00 bits per heavy atom. The van der Waals surface area contributed by atoms with Gasteiger partial charge < -0.3 is 0 Å². The fourth-order valence-corrected chi connectivity index (χ4v) is 1.07. The van der Waals surface area contributed by atoms with Gasteiger partial charge in [-0.2, -0.15) is 17.5 Å². The predicted octanol–water partition coefficient (Wildman–Crippen LogP) is 2.56. The van der Waals surface area contributed by atoms with E-state index in [9.17, 15) is 0 Å². The topological polar surface area (TPSA) is 0 Å². The first-order valence-corrected chi connectivity index (χ1v) is 3.07. The molecule has 0 bridgehead atoms. The van der Waals surface area contributed by atoms with E-state index in [4.69, 9.17) is 0 Å².